The molecule has 2 heteroatoms. The Balaban J connectivity index is 0.000000169. The molecule has 0 aliphatic heterocycles. The van der Waals surface area contributed by atoms with Gasteiger partial charge in [0.25, 0.3) is 0 Å². The molecule has 0 bridgehead atoms. The summed E-state index contributed by atoms with van der Waals surface area (Å²) in [6.07, 6.45) is 3.01. The van der Waals surface area contributed by atoms with Crippen LogP contribution in [0.3, 0.4) is 0 Å². The maximum absolute atomic E-state index is 9.54. The van der Waals surface area contributed by atoms with Crippen LogP contribution in [-0.4, -0.2) is 11.7 Å². The number of rotatable bonds is 6. The third kappa shape index (κ3) is 4.70. The molecule has 28 heavy (non-hydrogen) atoms. The fourth-order valence-electron chi connectivity index (χ4n) is 3.89. The zero-order valence-electron chi connectivity index (χ0n) is 16.9. The van der Waals surface area contributed by atoms with E-state index in [4.69, 9.17) is 0 Å². The number of nitrogens with one attached hydrogen (secondary N) is 1. The molecule has 0 saturated heterocycles. The first-order valence-electron chi connectivity index (χ1n) is 10.4. The maximum Gasteiger partial charge on any atom is 0.131 e. The Labute approximate surface area is 169 Å². The van der Waals surface area contributed by atoms with Crippen LogP contribution in [0.5, 0.6) is 0 Å². The van der Waals surface area contributed by atoms with Crippen molar-refractivity contribution in [3.8, 4) is 11.1 Å². The number of hydrogen-bond donors (Lipinski definition) is 2. The number of aliphatic hydroxyl groups is 1. The summed E-state index contributed by atoms with van der Waals surface area (Å²) in [6, 6.07) is 27.3. The van der Waals surface area contributed by atoms with Gasteiger partial charge in [-0.25, -0.2) is 0 Å². The van der Waals surface area contributed by atoms with Crippen molar-refractivity contribution in [3.05, 3.63) is 95.6 Å². The van der Waals surface area contributed by atoms with Crippen molar-refractivity contribution < 1.29 is 5.11 Å². The fraction of sp³-hybridized carbons (Fsp3) is 0.308. The average Bonchev–Trinajstić information content (AvgIpc) is 3.08. The van der Waals surface area contributed by atoms with Crippen LogP contribution in [-0.2, 0) is 0 Å². The van der Waals surface area contributed by atoms with E-state index in [1.54, 1.807) is 0 Å². The number of fused-ring (bicyclic) bond motifs is 3. The van der Waals surface area contributed by atoms with Gasteiger partial charge in [-0.05, 0) is 47.2 Å². The smallest absolute Gasteiger partial charge is 0.131 e. The number of hydrogen-bond acceptors (Lipinski definition) is 2. The minimum absolute atomic E-state index is 0.522. The van der Waals surface area contributed by atoms with Gasteiger partial charge < -0.3 is 5.11 Å². The minimum Gasteiger partial charge on any atom is -0.374 e. The molecule has 4 rings (SSSR count). The predicted molar refractivity (Wildman–Crippen MR) is 118 cm³/mol. The minimum atomic E-state index is -0.522. The number of benzene rings is 3. The summed E-state index contributed by atoms with van der Waals surface area (Å²) in [5, 5.41) is 12.5. The van der Waals surface area contributed by atoms with Crippen LogP contribution in [0.4, 0.5) is 0 Å². The van der Waals surface area contributed by atoms with Crippen molar-refractivity contribution in [3.63, 3.8) is 0 Å². The first-order valence-corrected chi connectivity index (χ1v) is 10.4. The molecule has 2 N–H and O–H groups in total. The topological polar surface area (TPSA) is 32.3 Å². The van der Waals surface area contributed by atoms with Crippen molar-refractivity contribution >= 4 is 0 Å². The van der Waals surface area contributed by atoms with Gasteiger partial charge in [-0.3, -0.25) is 5.32 Å². The van der Waals surface area contributed by atoms with E-state index in [0.29, 0.717) is 5.92 Å². The molecule has 0 saturated carbocycles. The van der Waals surface area contributed by atoms with Gasteiger partial charge in [-0.15, -0.1) is 0 Å². The number of aliphatic hydroxyl groups excluding tert-OH is 1. The van der Waals surface area contributed by atoms with Crippen molar-refractivity contribution in [2.75, 3.05) is 6.54 Å². The largest absolute Gasteiger partial charge is 0.374 e. The molecule has 1 aliphatic rings. The highest BCUT2D eigenvalue weighted by Gasteiger charge is 2.26. The fourth-order valence-corrected chi connectivity index (χ4v) is 3.89. The zero-order chi connectivity index (χ0) is 19.8. The van der Waals surface area contributed by atoms with Crippen LogP contribution in [0.1, 0.15) is 61.9 Å². The van der Waals surface area contributed by atoms with E-state index >= 15 is 0 Å². The lowest BCUT2D eigenvalue weighted by Gasteiger charge is -2.11. The lowest BCUT2D eigenvalue weighted by Crippen LogP contribution is -2.21. The van der Waals surface area contributed by atoms with Gasteiger partial charge in [0.2, 0.25) is 0 Å². The molecule has 2 nitrogen and oxygen atoms in total. The molecular weight excluding hydrogens is 342 g/mol. The molecule has 0 radical (unpaired) electrons. The Bertz CT molecular complexity index is 814. The molecule has 0 fully saturated rings. The highest BCUT2D eigenvalue weighted by molar-refractivity contribution is 5.78. The van der Waals surface area contributed by atoms with Crippen LogP contribution in [0.25, 0.3) is 11.1 Å². The van der Waals surface area contributed by atoms with Gasteiger partial charge in [-0.2, -0.15) is 0 Å². The summed E-state index contributed by atoms with van der Waals surface area (Å²) < 4.78 is 0. The summed E-state index contributed by atoms with van der Waals surface area (Å²) in [6.45, 7) is 5.18. The molecule has 1 aliphatic carbocycles. The Morgan fingerprint density at radius 2 is 1.29 bits per heavy atom. The molecule has 1 unspecified atom stereocenters. The van der Waals surface area contributed by atoms with Crippen molar-refractivity contribution in [2.24, 2.45) is 0 Å². The Hall–Kier alpha value is -2.42. The second-order valence-corrected chi connectivity index (χ2v) is 7.28. The van der Waals surface area contributed by atoms with E-state index in [9.17, 15) is 5.11 Å². The molecule has 3 aromatic rings. The first kappa shape index (κ1) is 20.3. The lowest BCUT2D eigenvalue weighted by molar-refractivity contribution is 0.139. The summed E-state index contributed by atoms with van der Waals surface area (Å²) >= 11 is 0. The molecule has 0 aromatic heterocycles. The molecule has 3 aromatic carbocycles. The van der Waals surface area contributed by atoms with E-state index < -0.39 is 6.23 Å². The monoisotopic (exact) mass is 373 g/mol. The van der Waals surface area contributed by atoms with E-state index in [-0.39, 0.29) is 0 Å². The molecule has 0 amide bonds. The van der Waals surface area contributed by atoms with Crippen LogP contribution in [0, 0.1) is 0 Å². The molecule has 146 valence electrons. The standard InChI is InChI=1S/C16H16.C10H15NO/c1-2-7-12-13-8-3-5-10-15(13)16-11-6-4-9-14(12)16;1-2-8-11-10(12)9-6-4-3-5-7-9/h3-6,8-12H,2,7H2,1H3;3-7,10-12H,2,8H2,1H3. The lowest BCUT2D eigenvalue weighted by atomic mass is 9.93. The third-order valence-corrected chi connectivity index (χ3v) is 5.24. The maximum atomic E-state index is 9.54. The van der Waals surface area contributed by atoms with Crippen LogP contribution in [0.2, 0.25) is 0 Å². The van der Waals surface area contributed by atoms with Crippen LogP contribution < -0.4 is 5.32 Å². The summed E-state index contributed by atoms with van der Waals surface area (Å²) in [5.74, 6) is 0.623. The van der Waals surface area contributed by atoms with E-state index in [1.807, 2.05) is 30.3 Å². The average molecular weight is 374 g/mol. The Morgan fingerprint density at radius 3 is 1.82 bits per heavy atom. The summed E-state index contributed by atoms with van der Waals surface area (Å²) in [4.78, 5) is 0. The molecule has 0 heterocycles. The summed E-state index contributed by atoms with van der Waals surface area (Å²) in [5.41, 5.74) is 6.84. The second-order valence-electron chi connectivity index (χ2n) is 7.28. The normalized spacial score (nSPS) is 13.2. The third-order valence-electron chi connectivity index (χ3n) is 5.24. The van der Waals surface area contributed by atoms with E-state index in [2.05, 4.69) is 67.7 Å². The molecule has 1 atom stereocenters. The van der Waals surface area contributed by atoms with Gasteiger partial charge >= 0.3 is 0 Å². The van der Waals surface area contributed by atoms with Crippen LogP contribution in [0.15, 0.2) is 78.9 Å². The van der Waals surface area contributed by atoms with E-state index in [0.717, 1.165) is 18.5 Å². The van der Waals surface area contributed by atoms with Crippen LogP contribution >= 0.6 is 0 Å². The van der Waals surface area contributed by atoms with Crippen molar-refractivity contribution in [2.45, 2.75) is 45.3 Å². The van der Waals surface area contributed by atoms with Gasteiger partial charge in [0.1, 0.15) is 6.23 Å². The van der Waals surface area contributed by atoms with Crippen molar-refractivity contribution in [1.29, 1.82) is 0 Å². The van der Waals surface area contributed by atoms with E-state index in [1.165, 1.54) is 35.1 Å². The van der Waals surface area contributed by atoms with Crippen molar-refractivity contribution in [1.82, 2.24) is 5.32 Å². The summed E-state index contributed by atoms with van der Waals surface area (Å²) in [7, 11) is 0. The SMILES string of the molecule is CCCC1c2ccccc2-c2ccccc21.CCCNC(O)c1ccccc1. The molecular formula is C26H31NO. The highest BCUT2D eigenvalue weighted by Crippen LogP contribution is 2.46. The van der Waals surface area contributed by atoms with Gasteiger partial charge in [0, 0.05) is 5.92 Å². The van der Waals surface area contributed by atoms with Gasteiger partial charge in [0.15, 0.2) is 0 Å². The second kappa shape index (κ2) is 10.2. The highest BCUT2D eigenvalue weighted by atomic mass is 16.3. The quantitative estimate of drug-likeness (QED) is 0.499. The first-order chi connectivity index (χ1) is 13.8. The Morgan fingerprint density at radius 1 is 0.750 bits per heavy atom. The Kier molecular flexibility index (Phi) is 7.41. The predicted octanol–water partition coefficient (Wildman–Crippen LogP) is 6.28. The van der Waals surface area contributed by atoms with Gasteiger partial charge in [0.05, 0.1) is 0 Å². The zero-order valence-corrected chi connectivity index (χ0v) is 16.9. The molecule has 0 spiro atoms. The van der Waals surface area contributed by atoms with Gasteiger partial charge in [-0.1, -0.05) is 99.1 Å².